The number of halogens is 2. The zero-order chi connectivity index (χ0) is 16.8. The van der Waals surface area contributed by atoms with Gasteiger partial charge in [-0.2, -0.15) is 0 Å². The molecule has 7 heteroatoms. The molecule has 0 atom stereocenters. The number of nitrogens with one attached hydrogen (secondary N) is 1. The number of ether oxygens (including phenoxy) is 2. The van der Waals surface area contributed by atoms with Crippen LogP contribution in [0.5, 0.6) is 5.75 Å². The Labute approximate surface area is 130 Å². The standard InChI is InChI=1S/C16H13F2NO4/c1-22-12-5-2-10(3-6-12)16(21)23-9-15(20)19-11-4-7-13(17)14(18)8-11/h2-8H,9H2,1H3,(H,19,20). The molecule has 2 rings (SSSR count). The van der Waals surface area contributed by atoms with Gasteiger partial charge in [-0.1, -0.05) is 0 Å². The molecule has 0 aliphatic heterocycles. The zero-order valence-electron chi connectivity index (χ0n) is 12.1. The van der Waals surface area contributed by atoms with E-state index in [2.05, 4.69) is 5.32 Å². The number of benzene rings is 2. The molecular weight excluding hydrogens is 308 g/mol. The summed E-state index contributed by atoms with van der Waals surface area (Å²) in [5.41, 5.74) is 0.320. The predicted octanol–water partition coefficient (Wildman–Crippen LogP) is 2.77. The molecule has 0 heterocycles. The van der Waals surface area contributed by atoms with Crippen molar-refractivity contribution in [3.63, 3.8) is 0 Å². The van der Waals surface area contributed by atoms with Crippen molar-refractivity contribution < 1.29 is 27.8 Å². The summed E-state index contributed by atoms with van der Waals surface area (Å²) >= 11 is 0. The Morgan fingerprint density at radius 2 is 1.74 bits per heavy atom. The van der Waals surface area contributed by atoms with Crippen LogP contribution in [0.15, 0.2) is 42.5 Å². The Bertz CT molecular complexity index is 717. The van der Waals surface area contributed by atoms with Crippen molar-refractivity contribution in [2.45, 2.75) is 0 Å². The molecular formula is C16H13F2NO4. The first-order valence-electron chi connectivity index (χ1n) is 6.55. The monoisotopic (exact) mass is 321 g/mol. The van der Waals surface area contributed by atoms with Gasteiger partial charge < -0.3 is 14.8 Å². The third-order valence-corrected chi connectivity index (χ3v) is 2.86. The van der Waals surface area contributed by atoms with Crippen molar-refractivity contribution in [3.8, 4) is 5.75 Å². The van der Waals surface area contributed by atoms with Crippen LogP contribution in [0.3, 0.4) is 0 Å². The third kappa shape index (κ3) is 4.50. The molecule has 5 nitrogen and oxygen atoms in total. The van der Waals surface area contributed by atoms with Gasteiger partial charge in [-0.3, -0.25) is 4.79 Å². The van der Waals surface area contributed by atoms with Crippen molar-refractivity contribution in [3.05, 3.63) is 59.7 Å². The Balaban J connectivity index is 1.87. The van der Waals surface area contributed by atoms with Crippen LogP contribution in [-0.2, 0) is 9.53 Å². The highest BCUT2D eigenvalue weighted by Gasteiger charge is 2.11. The molecule has 2 aromatic carbocycles. The highest BCUT2D eigenvalue weighted by molar-refractivity contribution is 5.95. The fraction of sp³-hybridized carbons (Fsp3) is 0.125. The first-order valence-corrected chi connectivity index (χ1v) is 6.55. The van der Waals surface area contributed by atoms with Crippen LogP contribution in [0, 0.1) is 11.6 Å². The fourth-order valence-corrected chi connectivity index (χ4v) is 1.71. The molecule has 1 N–H and O–H groups in total. The van der Waals surface area contributed by atoms with E-state index < -0.39 is 30.1 Å². The van der Waals surface area contributed by atoms with E-state index in [4.69, 9.17) is 9.47 Å². The Hall–Kier alpha value is -2.96. The third-order valence-electron chi connectivity index (χ3n) is 2.86. The van der Waals surface area contributed by atoms with E-state index >= 15 is 0 Å². The van der Waals surface area contributed by atoms with E-state index in [1.807, 2.05) is 0 Å². The number of esters is 1. The van der Waals surface area contributed by atoms with Crippen LogP contribution in [0.1, 0.15) is 10.4 Å². The molecule has 0 saturated heterocycles. The maximum atomic E-state index is 13.0. The van der Waals surface area contributed by atoms with Crippen molar-refractivity contribution in [1.82, 2.24) is 0 Å². The number of methoxy groups -OCH3 is 1. The van der Waals surface area contributed by atoms with Gasteiger partial charge in [0.2, 0.25) is 0 Å². The number of amides is 1. The first kappa shape index (κ1) is 16.4. The van der Waals surface area contributed by atoms with E-state index in [-0.39, 0.29) is 11.3 Å². The predicted molar refractivity (Wildman–Crippen MR) is 78.3 cm³/mol. The lowest BCUT2D eigenvalue weighted by Gasteiger charge is -2.07. The van der Waals surface area contributed by atoms with Crippen LogP contribution in [0.4, 0.5) is 14.5 Å². The Kier molecular flexibility index (Phi) is 5.24. The van der Waals surface area contributed by atoms with E-state index in [0.717, 1.165) is 12.1 Å². The smallest absolute Gasteiger partial charge is 0.338 e. The van der Waals surface area contributed by atoms with Gasteiger partial charge in [0.05, 0.1) is 12.7 Å². The van der Waals surface area contributed by atoms with Crippen LogP contribution in [-0.4, -0.2) is 25.6 Å². The second-order valence-electron chi connectivity index (χ2n) is 4.48. The Morgan fingerprint density at radius 1 is 1.04 bits per heavy atom. The normalized spacial score (nSPS) is 10.0. The van der Waals surface area contributed by atoms with Crippen LogP contribution in [0.25, 0.3) is 0 Å². The summed E-state index contributed by atoms with van der Waals surface area (Å²) in [5.74, 6) is -2.88. The molecule has 23 heavy (non-hydrogen) atoms. The molecule has 0 radical (unpaired) electrons. The van der Waals surface area contributed by atoms with Gasteiger partial charge in [0.1, 0.15) is 5.75 Å². The average Bonchev–Trinajstić information content (AvgIpc) is 2.56. The molecule has 0 bridgehead atoms. The summed E-state index contributed by atoms with van der Waals surface area (Å²) in [4.78, 5) is 23.4. The maximum absolute atomic E-state index is 13.0. The molecule has 0 aromatic heterocycles. The van der Waals surface area contributed by atoms with Gasteiger partial charge in [0.25, 0.3) is 5.91 Å². The van der Waals surface area contributed by atoms with E-state index in [0.29, 0.717) is 5.75 Å². The average molecular weight is 321 g/mol. The lowest BCUT2D eigenvalue weighted by atomic mass is 10.2. The molecule has 0 aliphatic rings. The topological polar surface area (TPSA) is 64.6 Å². The molecule has 0 fully saturated rings. The number of rotatable bonds is 5. The summed E-state index contributed by atoms with van der Waals surface area (Å²) in [6.45, 7) is -0.552. The van der Waals surface area contributed by atoms with Gasteiger partial charge >= 0.3 is 5.97 Å². The number of hydrogen-bond donors (Lipinski definition) is 1. The van der Waals surface area contributed by atoms with E-state index in [1.165, 1.54) is 25.3 Å². The zero-order valence-corrected chi connectivity index (χ0v) is 12.1. The molecule has 0 saturated carbocycles. The number of hydrogen-bond acceptors (Lipinski definition) is 4. The lowest BCUT2D eigenvalue weighted by Crippen LogP contribution is -2.21. The minimum Gasteiger partial charge on any atom is -0.497 e. The summed E-state index contributed by atoms with van der Waals surface area (Å²) in [5, 5.41) is 2.29. The van der Waals surface area contributed by atoms with Crippen molar-refractivity contribution in [1.29, 1.82) is 0 Å². The summed E-state index contributed by atoms with van der Waals surface area (Å²) in [6, 6.07) is 9.06. The minimum atomic E-state index is -1.09. The van der Waals surface area contributed by atoms with Gasteiger partial charge in [0, 0.05) is 11.8 Å². The van der Waals surface area contributed by atoms with Crippen molar-refractivity contribution >= 4 is 17.6 Å². The van der Waals surface area contributed by atoms with Crippen LogP contribution in [0.2, 0.25) is 0 Å². The maximum Gasteiger partial charge on any atom is 0.338 e. The van der Waals surface area contributed by atoms with Gasteiger partial charge in [-0.05, 0) is 36.4 Å². The van der Waals surface area contributed by atoms with Crippen molar-refractivity contribution in [2.75, 3.05) is 19.0 Å². The minimum absolute atomic E-state index is 0.0643. The fourth-order valence-electron chi connectivity index (χ4n) is 1.71. The molecule has 2 aromatic rings. The summed E-state index contributed by atoms with van der Waals surface area (Å²) in [7, 11) is 1.50. The van der Waals surface area contributed by atoms with E-state index in [9.17, 15) is 18.4 Å². The highest BCUT2D eigenvalue weighted by Crippen LogP contribution is 2.14. The number of carbonyl (C=O) groups is 2. The molecule has 120 valence electrons. The van der Waals surface area contributed by atoms with Gasteiger partial charge in [-0.15, -0.1) is 0 Å². The molecule has 0 unspecified atom stereocenters. The second kappa shape index (κ2) is 7.35. The molecule has 0 aliphatic carbocycles. The van der Waals surface area contributed by atoms with Crippen molar-refractivity contribution in [2.24, 2.45) is 0 Å². The Morgan fingerprint density at radius 3 is 2.35 bits per heavy atom. The number of carbonyl (C=O) groups excluding carboxylic acids is 2. The summed E-state index contributed by atoms with van der Waals surface area (Å²) < 4.78 is 35.6. The van der Waals surface area contributed by atoms with Gasteiger partial charge in [0.15, 0.2) is 18.2 Å². The second-order valence-corrected chi connectivity index (χ2v) is 4.48. The quantitative estimate of drug-likeness (QED) is 0.860. The molecule has 1 amide bonds. The van der Waals surface area contributed by atoms with E-state index in [1.54, 1.807) is 12.1 Å². The first-order chi connectivity index (χ1) is 11.0. The summed E-state index contributed by atoms with van der Waals surface area (Å²) in [6.07, 6.45) is 0. The number of anilines is 1. The van der Waals surface area contributed by atoms with Gasteiger partial charge in [-0.25, -0.2) is 13.6 Å². The molecule has 0 spiro atoms. The SMILES string of the molecule is COc1ccc(C(=O)OCC(=O)Nc2ccc(F)c(F)c2)cc1. The van der Waals surface area contributed by atoms with Crippen LogP contribution >= 0.6 is 0 Å². The lowest BCUT2D eigenvalue weighted by molar-refractivity contribution is -0.119. The van der Waals surface area contributed by atoms with Crippen LogP contribution < -0.4 is 10.1 Å². The highest BCUT2D eigenvalue weighted by atomic mass is 19.2. The largest absolute Gasteiger partial charge is 0.497 e.